The molecule has 0 amide bonds. The van der Waals surface area contributed by atoms with Crippen LogP contribution in [-0.4, -0.2) is 11.6 Å². The number of carbonyl (C=O) groups is 1. The molecule has 1 N–H and O–H groups in total. The summed E-state index contributed by atoms with van der Waals surface area (Å²) in [5.74, 6) is 0. The lowest BCUT2D eigenvalue weighted by molar-refractivity contribution is -0.122. The molecule has 0 aromatic heterocycles. The molecule has 0 aliphatic rings. The predicted molar refractivity (Wildman–Crippen MR) is 88.5 cm³/mol. The molecule has 0 radical (unpaired) electrons. The van der Waals surface area contributed by atoms with Crippen molar-refractivity contribution in [1.82, 2.24) is 0 Å². The minimum Gasteiger partial charge on any atom is -0.483 e. The van der Waals surface area contributed by atoms with Crippen molar-refractivity contribution >= 4 is 6.47 Å². The molecule has 0 atom stereocenters. The summed E-state index contributed by atoms with van der Waals surface area (Å²) in [6.45, 7) is 1.96. The van der Waals surface area contributed by atoms with E-state index < -0.39 is 0 Å². The fraction of sp³-hybridized carbons (Fsp3) is 0.263. The lowest BCUT2D eigenvalue weighted by atomic mass is 9.92. The predicted octanol–water partition coefficient (Wildman–Crippen LogP) is 4.66. The Morgan fingerprint density at radius 3 is 2.36 bits per heavy atom. The third kappa shape index (κ3) is 5.06. The Morgan fingerprint density at radius 2 is 1.77 bits per heavy atom. The van der Waals surface area contributed by atoms with Gasteiger partial charge in [0.05, 0.1) is 11.6 Å². The van der Waals surface area contributed by atoms with Crippen LogP contribution in [0, 0.1) is 11.3 Å². The zero-order valence-corrected chi connectivity index (χ0v) is 12.8. The number of carboxylic acid groups (broad SMARTS) is 1. The van der Waals surface area contributed by atoms with Crippen molar-refractivity contribution in [2.75, 3.05) is 0 Å². The molecule has 2 aromatic rings. The summed E-state index contributed by atoms with van der Waals surface area (Å²) in [5, 5.41) is 16.2. The summed E-state index contributed by atoms with van der Waals surface area (Å²) in [5.41, 5.74) is 4.33. The molecule has 2 rings (SSSR count). The van der Waals surface area contributed by atoms with E-state index in [9.17, 15) is 5.26 Å². The largest absolute Gasteiger partial charge is 0.483 e. The zero-order valence-electron chi connectivity index (χ0n) is 12.8. The zero-order chi connectivity index (χ0) is 16.2. The molecule has 0 heterocycles. The monoisotopic (exact) mass is 295 g/mol. The number of rotatable bonds is 5. The number of nitriles is 1. The second kappa shape index (κ2) is 10.2. The van der Waals surface area contributed by atoms with Gasteiger partial charge in [-0.25, -0.2) is 0 Å². The summed E-state index contributed by atoms with van der Waals surface area (Å²) >= 11 is 0. The SMILES string of the molecule is CCCCCc1cccc(C#N)c1-c1ccccc1.O=CO. The Kier molecular flexibility index (Phi) is 8.07. The molecular formula is C19H21NO2. The first-order chi connectivity index (χ1) is 10.8. The molecule has 2 aromatic carbocycles. The van der Waals surface area contributed by atoms with E-state index >= 15 is 0 Å². The average molecular weight is 295 g/mol. The van der Waals surface area contributed by atoms with Gasteiger partial charge in [0.15, 0.2) is 0 Å². The molecule has 114 valence electrons. The lowest BCUT2D eigenvalue weighted by Crippen LogP contribution is -1.94. The van der Waals surface area contributed by atoms with Crippen LogP contribution in [0.1, 0.15) is 37.3 Å². The van der Waals surface area contributed by atoms with Gasteiger partial charge in [0.2, 0.25) is 0 Å². The summed E-state index contributed by atoms with van der Waals surface area (Å²) < 4.78 is 0. The van der Waals surface area contributed by atoms with Crippen LogP contribution in [0.2, 0.25) is 0 Å². The first kappa shape index (κ1) is 17.5. The van der Waals surface area contributed by atoms with Crippen LogP contribution < -0.4 is 0 Å². The van der Waals surface area contributed by atoms with Gasteiger partial charge in [-0.3, -0.25) is 4.79 Å². The Morgan fingerprint density at radius 1 is 1.09 bits per heavy atom. The third-order valence-electron chi connectivity index (χ3n) is 3.38. The smallest absolute Gasteiger partial charge is 0.290 e. The van der Waals surface area contributed by atoms with E-state index in [0.717, 1.165) is 23.1 Å². The summed E-state index contributed by atoms with van der Waals surface area (Å²) in [4.78, 5) is 8.36. The molecule has 0 aliphatic carbocycles. The quantitative estimate of drug-likeness (QED) is 0.644. The maximum absolute atomic E-state index is 9.33. The number of unbranched alkanes of at least 4 members (excludes halogenated alkanes) is 2. The highest BCUT2D eigenvalue weighted by Crippen LogP contribution is 2.28. The van der Waals surface area contributed by atoms with Gasteiger partial charge in [-0.2, -0.15) is 5.26 Å². The van der Waals surface area contributed by atoms with E-state index in [1.54, 1.807) is 0 Å². The van der Waals surface area contributed by atoms with E-state index in [0.29, 0.717) is 0 Å². The van der Waals surface area contributed by atoms with Crippen molar-refractivity contribution < 1.29 is 9.90 Å². The van der Waals surface area contributed by atoms with Gasteiger partial charge in [0.25, 0.3) is 6.47 Å². The van der Waals surface area contributed by atoms with Gasteiger partial charge < -0.3 is 5.11 Å². The minimum absolute atomic E-state index is 0.250. The minimum atomic E-state index is -0.250. The average Bonchev–Trinajstić information content (AvgIpc) is 2.56. The molecule has 0 unspecified atom stereocenters. The molecule has 22 heavy (non-hydrogen) atoms. The van der Waals surface area contributed by atoms with Gasteiger partial charge in [-0.15, -0.1) is 0 Å². The van der Waals surface area contributed by atoms with Gasteiger partial charge in [0.1, 0.15) is 0 Å². The van der Waals surface area contributed by atoms with Crippen LogP contribution >= 0.6 is 0 Å². The summed E-state index contributed by atoms with van der Waals surface area (Å²) in [6.07, 6.45) is 4.70. The maximum atomic E-state index is 9.33. The van der Waals surface area contributed by atoms with E-state index in [2.05, 4.69) is 31.2 Å². The van der Waals surface area contributed by atoms with Crippen LogP contribution in [0.5, 0.6) is 0 Å². The molecule has 3 nitrogen and oxygen atoms in total. The van der Waals surface area contributed by atoms with E-state index in [1.165, 1.54) is 24.8 Å². The lowest BCUT2D eigenvalue weighted by Gasteiger charge is -2.11. The number of hydrogen-bond acceptors (Lipinski definition) is 2. The highest BCUT2D eigenvalue weighted by atomic mass is 16.3. The fourth-order valence-corrected chi connectivity index (χ4v) is 2.41. The molecule has 0 saturated heterocycles. The van der Waals surface area contributed by atoms with Gasteiger partial charge in [-0.05, 0) is 30.0 Å². The fourth-order valence-electron chi connectivity index (χ4n) is 2.41. The second-order valence-corrected chi connectivity index (χ2v) is 4.88. The van der Waals surface area contributed by atoms with Gasteiger partial charge in [-0.1, -0.05) is 62.2 Å². The van der Waals surface area contributed by atoms with Gasteiger partial charge >= 0.3 is 0 Å². The van der Waals surface area contributed by atoms with Crippen molar-refractivity contribution in [2.45, 2.75) is 32.6 Å². The summed E-state index contributed by atoms with van der Waals surface area (Å²) in [6, 6.07) is 18.6. The van der Waals surface area contributed by atoms with Crippen LogP contribution in [0.4, 0.5) is 0 Å². The van der Waals surface area contributed by atoms with Crippen LogP contribution in [0.3, 0.4) is 0 Å². The van der Waals surface area contributed by atoms with E-state index in [-0.39, 0.29) is 6.47 Å². The Bertz CT molecular complexity index is 615. The number of nitrogens with zero attached hydrogens (tertiary/aromatic N) is 1. The molecule has 3 heteroatoms. The van der Waals surface area contributed by atoms with E-state index in [4.69, 9.17) is 9.90 Å². The molecule has 0 bridgehead atoms. The van der Waals surface area contributed by atoms with Crippen LogP contribution in [0.15, 0.2) is 48.5 Å². The topological polar surface area (TPSA) is 61.1 Å². The van der Waals surface area contributed by atoms with Crippen molar-refractivity contribution in [2.24, 2.45) is 0 Å². The maximum Gasteiger partial charge on any atom is 0.290 e. The summed E-state index contributed by atoms with van der Waals surface area (Å²) in [7, 11) is 0. The first-order valence-corrected chi connectivity index (χ1v) is 7.43. The van der Waals surface area contributed by atoms with Crippen molar-refractivity contribution in [3.63, 3.8) is 0 Å². The Balaban J connectivity index is 0.000000745. The normalized spacial score (nSPS) is 9.27. The van der Waals surface area contributed by atoms with Crippen LogP contribution in [0.25, 0.3) is 11.1 Å². The molecule has 0 saturated carbocycles. The number of benzene rings is 2. The van der Waals surface area contributed by atoms with Crippen molar-refractivity contribution in [3.05, 3.63) is 59.7 Å². The molecule has 0 fully saturated rings. The molecule has 0 spiro atoms. The Hall–Kier alpha value is -2.60. The highest BCUT2D eigenvalue weighted by Gasteiger charge is 2.09. The molecule has 0 aliphatic heterocycles. The second-order valence-electron chi connectivity index (χ2n) is 4.88. The molecular weight excluding hydrogens is 274 g/mol. The van der Waals surface area contributed by atoms with Gasteiger partial charge in [0, 0.05) is 5.56 Å². The first-order valence-electron chi connectivity index (χ1n) is 7.43. The van der Waals surface area contributed by atoms with Crippen LogP contribution in [-0.2, 0) is 11.2 Å². The third-order valence-corrected chi connectivity index (χ3v) is 3.38. The van der Waals surface area contributed by atoms with Crippen molar-refractivity contribution in [3.8, 4) is 17.2 Å². The van der Waals surface area contributed by atoms with Crippen molar-refractivity contribution in [1.29, 1.82) is 5.26 Å². The Labute approximate surface area is 131 Å². The standard InChI is InChI=1S/C18H19N.CH2O2/c1-2-3-5-9-16-12-8-13-17(14-19)18(16)15-10-6-4-7-11-15;2-1-3/h4,6-8,10-13H,2-3,5,9H2,1H3;1H,(H,2,3). The number of aryl methyl sites for hydroxylation is 1. The highest BCUT2D eigenvalue weighted by molar-refractivity contribution is 5.73. The number of hydrogen-bond donors (Lipinski definition) is 1. The van der Waals surface area contributed by atoms with E-state index in [1.807, 2.05) is 30.3 Å².